The van der Waals surface area contributed by atoms with Crippen LogP contribution in [-0.2, 0) is 18.3 Å². The first-order valence-corrected chi connectivity index (χ1v) is 7.09. The van der Waals surface area contributed by atoms with Crippen LogP contribution in [0.2, 0.25) is 5.02 Å². The number of carbonyl (C=O) groups excluding carboxylic acids is 1. The second kappa shape index (κ2) is 6.63. The van der Waals surface area contributed by atoms with Gasteiger partial charge in [-0.15, -0.1) is 0 Å². The summed E-state index contributed by atoms with van der Waals surface area (Å²) in [5.74, 6) is -0.0402. The molecule has 5 nitrogen and oxygen atoms in total. The zero-order valence-corrected chi connectivity index (χ0v) is 13.2. The summed E-state index contributed by atoms with van der Waals surface area (Å²) in [4.78, 5) is 14.0. The molecule has 1 N–H and O–H groups in total. The molecule has 6 heteroatoms. The number of rotatable bonds is 5. The summed E-state index contributed by atoms with van der Waals surface area (Å²) >= 11 is 6.00. The predicted octanol–water partition coefficient (Wildman–Crippen LogP) is 2.71. The molecule has 0 fully saturated rings. The van der Waals surface area contributed by atoms with Gasteiger partial charge >= 0.3 is 0 Å². The van der Waals surface area contributed by atoms with E-state index >= 15 is 0 Å². The highest BCUT2D eigenvalue weighted by Crippen LogP contribution is 2.27. The number of anilines is 2. The van der Waals surface area contributed by atoms with Crippen LogP contribution >= 0.6 is 11.6 Å². The normalized spacial score (nSPS) is 10.5. The Balaban J connectivity index is 2.02. The van der Waals surface area contributed by atoms with Crippen molar-refractivity contribution < 1.29 is 4.79 Å². The molecule has 0 unspecified atom stereocenters. The summed E-state index contributed by atoms with van der Waals surface area (Å²) in [5, 5.41) is 7.61. The number of hydrogen-bond donors (Lipinski definition) is 1. The van der Waals surface area contributed by atoms with Gasteiger partial charge in [-0.3, -0.25) is 9.48 Å². The largest absolute Gasteiger partial charge is 0.376 e. The van der Waals surface area contributed by atoms with Crippen molar-refractivity contribution in [3.63, 3.8) is 0 Å². The molecule has 2 rings (SSSR count). The molecule has 1 aromatic carbocycles. The van der Waals surface area contributed by atoms with E-state index in [0.717, 1.165) is 17.1 Å². The highest BCUT2D eigenvalue weighted by atomic mass is 35.5. The molecule has 0 saturated heterocycles. The SMILES string of the molecule is CN(C)c1ccc(Cl)cc1NC(=O)CCc1ccnn1C. The smallest absolute Gasteiger partial charge is 0.224 e. The minimum absolute atomic E-state index is 0.0402. The highest BCUT2D eigenvalue weighted by Gasteiger charge is 2.10. The molecule has 1 aromatic heterocycles. The molecule has 0 atom stereocenters. The van der Waals surface area contributed by atoms with Crippen LogP contribution in [0.4, 0.5) is 11.4 Å². The Labute approximate surface area is 129 Å². The van der Waals surface area contributed by atoms with Gasteiger partial charge in [-0.25, -0.2) is 0 Å². The standard InChI is InChI=1S/C15H19ClN4O/c1-19(2)14-6-4-11(16)10-13(14)18-15(21)7-5-12-8-9-17-20(12)3/h4,6,8-10H,5,7H2,1-3H3,(H,18,21). The van der Waals surface area contributed by atoms with Gasteiger partial charge in [-0.05, 0) is 30.7 Å². The van der Waals surface area contributed by atoms with Crippen molar-refractivity contribution in [3.05, 3.63) is 41.2 Å². The van der Waals surface area contributed by atoms with E-state index in [4.69, 9.17) is 11.6 Å². The van der Waals surface area contributed by atoms with Gasteiger partial charge in [-0.1, -0.05) is 11.6 Å². The van der Waals surface area contributed by atoms with E-state index in [1.165, 1.54) is 0 Å². The number of benzene rings is 1. The van der Waals surface area contributed by atoms with Crippen molar-refractivity contribution in [1.29, 1.82) is 0 Å². The number of amides is 1. The van der Waals surface area contributed by atoms with Gasteiger partial charge in [0.25, 0.3) is 0 Å². The van der Waals surface area contributed by atoms with E-state index in [0.29, 0.717) is 17.9 Å². The minimum atomic E-state index is -0.0402. The first-order chi connectivity index (χ1) is 9.97. The second-order valence-corrected chi connectivity index (χ2v) is 5.49. The Morgan fingerprint density at radius 1 is 1.38 bits per heavy atom. The van der Waals surface area contributed by atoms with E-state index in [1.807, 2.05) is 44.2 Å². The number of aryl methyl sites for hydroxylation is 2. The third kappa shape index (κ3) is 3.98. The first-order valence-electron chi connectivity index (χ1n) is 6.71. The van der Waals surface area contributed by atoms with Crippen molar-refractivity contribution in [2.24, 2.45) is 7.05 Å². The van der Waals surface area contributed by atoms with Gasteiger partial charge in [-0.2, -0.15) is 5.10 Å². The van der Waals surface area contributed by atoms with Crippen molar-refractivity contribution in [1.82, 2.24) is 9.78 Å². The van der Waals surface area contributed by atoms with Gasteiger partial charge in [0.05, 0.1) is 11.4 Å². The number of aromatic nitrogens is 2. The van der Waals surface area contributed by atoms with Gasteiger partial charge in [0.1, 0.15) is 0 Å². The maximum Gasteiger partial charge on any atom is 0.224 e. The third-order valence-corrected chi connectivity index (χ3v) is 3.48. The number of nitrogens with one attached hydrogen (secondary N) is 1. The van der Waals surface area contributed by atoms with Gasteiger partial charge < -0.3 is 10.2 Å². The molecule has 0 spiro atoms. The van der Waals surface area contributed by atoms with E-state index in [-0.39, 0.29) is 5.91 Å². The molecule has 0 aliphatic rings. The molecule has 112 valence electrons. The Morgan fingerprint density at radius 3 is 2.76 bits per heavy atom. The molecule has 0 radical (unpaired) electrons. The third-order valence-electron chi connectivity index (χ3n) is 3.25. The van der Waals surface area contributed by atoms with Crippen molar-refractivity contribution in [2.75, 3.05) is 24.3 Å². The highest BCUT2D eigenvalue weighted by molar-refractivity contribution is 6.31. The summed E-state index contributed by atoms with van der Waals surface area (Å²) in [6, 6.07) is 7.37. The molecule has 0 aliphatic heterocycles. The summed E-state index contributed by atoms with van der Waals surface area (Å²) in [7, 11) is 5.72. The zero-order chi connectivity index (χ0) is 15.4. The lowest BCUT2D eigenvalue weighted by Crippen LogP contribution is -2.17. The summed E-state index contributed by atoms with van der Waals surface area (Å²) in [5.41, 5.74) is 2.68. The lowest BCUT2D eigenvalue weighted by molar-refractivity contribution is -0.116. The number of carbonyl (C=O) groups is 1. The van der Waals surface area contributed by atoms with Crippen molar-refractivity contribution >= 4 is 28.9 Å². The van der Waals surface area contributed by atoms with Gasteiger partial charge in [0, 0.05) is 44.5 Å². The second-order valence-electron chi connectivity index (χ2n) is 5.05. The molecule has 1 heterocycles. The van der Waals surface area contributed by atoms with Crippen LogP contribution in [0.3, 0.4) is 0 Å². The Kier molecular flexibility index (Phi) is 4.85. The van der Waals surface area contributed by atoms with Crippen LogP contribution in [0.25, 0.3) is 0 Å². The summed E-state index contributed by atoms with van der Waals surface area (Å²) in [6.45, 7) is 0. The summed E-state index contributed by atoms with van der Waals surface area (Å²) in [6.07, 6.45) is 2.79. The lowest BCUT2D eigenvalue weighted by atomic mass is 10.2. The van der Waals surface area contributed by atoms with Crippen molar-refractivity contribution in [2.45, 2.75) is 12.8 Å². The maximum absolute atomic E-state index is 12.1. The molecule has 1 amide bonds. The molecule has 21 heavy (non-hydrogen) atoms. The van der Waals surface area contributed by atoms with Crippen LogP contribution in [0.5, 0.6) is 0 Å². The van der Waals surface area contributed by atoms with Gasteiger partial charge in [0.2, 0.25) is 5.91 Å². The first kappa shape index (κ1) is 15.4. The predicted molar refractivity (Wildman–Crippen MR) is 85.9 cm³/mol. The van der Waals surface area contributed by atoms with Gasteiger partial charge in [0.15, 0.2) is 0 Å². The quantitative estimate of drug-likeness (QED) is 0.924. The Bertz CT molecular complexity index is 636. The van der Waals surface area contributed by atoms with E-state index in [2.05, 4.69) is 10.4 Å². The Hall–Kier alpha value is -2.01. The molecular weight excluding hydrogens is 288 g/mol. The number of hydrogen-bond acceptors (Lipinski definition) is 3. The fourth-order valence-corrected chi connectivity index (χ4v) is 2.27. The number of halogens is 1. The Morgan fingerprint density at radius 2 is 2.14 bits per heavy atom. The monoisotopic (exact) mass is 306 g/mol. The van der Waals surface area contributed by atoms with E-state index in [1.54, 1.807) is 16.9 Å². The van der Waals surface area contributed by atoms with E-state index in [9.17, 15) is 4.79 Å². The van der Waals surface area contributed by atoms with Crippen LogP contribution < -0.4 is 10.2 Å². The zero-order valence-electron chi connectivity index (χ0n) is 12.4. The minimum Gasteiger partial charge on any atom is -0.376 e. The topological polar surface area (TPSA) is 50.2 Å². The van der Waals surface area contributed by atoms with Crippen LogP contribution in [0.1, 0.15) is 12.1 Å². The van der Waals surface area contributed by atoms with E-state index < -0.39 is 0 Å². The fourth-order valence-electron chi connectivity index (χ4n) is 2.10. The molecule has 0 saturated carbocycles. The molecular formula is C15H19ClN4O. The molecule has 2 aromatic rings. The van der Waals surface area contributed by atoms with Crippen LogP contribution in [0, 0.1) is 0 Å². The number of nitrogens with zero attached hydrogens (tertiary/aromatic N) is 3. The van der Waals surface area contributed by atoms with Crippen LogP contribution in [0.15, 0.2) is 30.5 Å². The van der Waals surface area contributed by atoms with Crippen LogP contribution in [-0.4, -0.2) is 29.8 Å². The summed E-state index contributed by atoms with van der Waals surface area (Å²) < 4.78 is 1.78. The average molecular weight is 307 g/mol. The maximum atomic E-state index is 12.1. The lowest BCUT2D eigenvalue weighted by Gasteiger charge is -2.18. The van der Waals surface area contributed by atoms with Crippen molar-refractivity contribution in [3.8, 4) is 0 Å². The average Bonchev–Trinajstić information content (AvgIpc) is 2.81. The fraction of sp³-hybridized carbons (Fsp3) is 0.333. The molecule has 0 bridgehead atoms. The molecule has 0 aliphatic carbocycles.